The van der Waals surface area contributed by atoms with Gasteiger partial charge in [0.1, 0.15) is 5.75 Å². The van der Waals surface area contributed by atoms with Crippen molar-refractivity contribution in [3.05, 3.63) is 142 Å². The minimum atomic E-state index is -4.24. The van der Waals surface area contributed by atoms with Crippen molar-refractivity contribution in [3.8, 4) is 5.75 Å². The Bertz CT molecular complexity index is 3020. The van der Waals surface area contributed by atoms with Crippen LogP contribution in [0.5, 0.6) is 5.75 Å². The van der Waals surface area contributed by atoms with E-state index in [1.54, 1.807) is 48.5 Å². The Labute approximate surface area is 411 Å². The van der Waals surface area contributed by atoms with Gasteiger partial charge >= 0.3 is 0 Å². The van der Waals surface area contributed by atoms with Crippen molar-refractivity contribution in [2.75, 3.05) is 40.9 Å². The number of methoxy groups -OCH3 is 1. The molecule has 0 saturated heterocycles. The first kappa shape index (κ1) is 52.3. The van der Waals surface area contributed by atoms with E-state index in [2.05, 4.69) is 26.6 Å². The zero-order valence-electron chi connectivity index (χ0n) is 39.7. The van der Waals surface area contributed by atoms with E-state index >= 15 is 0 Å². The maximum Gasteiger partial charge on any atom is 0.278 e. The summed E-state index contributed by atoms with van der Waals surface area (Å²) in [5, 5.41) is 3.22. The molecular formula is C52H62ClN7O7S2. The predicted molar refractivity (Wildman–Crippen MR) is 280 cm³/mol. The van der Waals surface area contributed by atoms with Crippen LogP contribution in [-0.2, 0) is 31.4 Å². The molecule has 0 unspecified atom stereocenters. The van der Waals surface area contributed by atoms with Gasteiger partial charge in [0, 0.05) is 31.0 Å². The fraction of sp³-hybridized carbons (Fsp3) is 0.346. The lowest BCUT2D eigenvalue weighted by atomic mass is 10.1. The molecule has 6 rings (SSSR count). The zero-order chi connectivity index (χ0) is 49.4. The SMILES string of the molecule is CCCCCCCCCCCCS(=O)(=O)NCCn1c(C(=Nc2ccc(N(CC)c3ccccc3)cc2C)C(=O)Nc2cc(S(=O)(=O)Nc3ccccc3Cl)ccc2OC)nc2ccccc2c1=O. The lowest BCUT2D eigenvalue weighted by Gasteiger charge is -2.24. The number of hydrogen-bond donors (Lipinski definition) is 3. The third kappa shape index (κ3) is 14.3. The topological polar surface area (TPSA) is 181 Å². The second kappa shape index (κ2) is 25.0. The molecule has 14 nitrogen and oxygen atoms in total. The molecule has 0 spiro atoms. The van der Waals surface area contributed by atoms with E-state index in [-0.39, 0.29) is 68.3 Å². The number of carbonyl (C=O) groups excluding carboxylic acids is 1. The van der Waals surface area contributed by atoms with Gasteiger partial charge in [-0.3, -0.25) is 18.9 Å². The first-order valence-electron chi connectivity index (χ1n) is 23.5. The number of sulfonamides is 2. The molecule has 0 fully saturated rings. The first-order chi connectivity index (χ1) is 33.2. The molecule has 3 N–H and O–H groups in total. The van der Waals surface area contributed by atoms with Crippen molar-refractivity contribution in [1.82, 2.24) is 14.3 Å². The van der Waals surface area contributed by atoms with Crippen LogP contribution in [0.15, 0.2) is 130 Å². The molecular weight excluding hydrogens is 934 g/mol. The summed E-state index contributed by atoms with van der Waals surface area (Å²) in [6, 6.07) is 32.5. The van der Waals surface area contributed by atoms with E-state index in [0.29, 0.717) is 24.2 Å². The molecule has 69 heavy (non-hydrogen) atoms. The molecule has 0 bridgehead atoms. The third-order valence-electron chi connectivity index (χ3n) is 11.7. The standard InChI is InChI=1S/C52H62ClN7O7S2/c1-5-7-8-9-10-11-12-13-14-22-35-68(63,64)54-33-34-60-50(56-45-27-20-18-25-42(45)52(60)62)49(55-44-31-29-40(36-38(44)3)59(6-2)39-23-16-15-17-24-39)51(61)57-47-37-41(30-32-48(47)67-4)69(65,66)58-46-28-21-19-26-43(46)53/h15-21,23-32,36-37,54,58H,5-14,22,33-35H2,1-4H3,(H,57,61). The van der Waals surface area contributed by atoms with Crippen LogP contribution in [-0.4, -0.2) is 64.0 Å². The number of fused-ring (bicyclic) bond motifs is 1. The van der Waals surface area contributed by atoms with Crippen molar-refractivity contribution in [3.63, 3.8) is 0 Å². The fourth-order valence-corrected chi connectivity index (χ4v) is 10.5. The molecule has 6 aromatic rings. The summed E-state index contributed by atoms with van der Waals surface area (Å²) in [7, 11) is -6.59. The van der Waals surface area contributed by atoms with Crippen LogP contribution >= 0.6 is 11.6 Å². The van der Waals surface area contributed by atoms with Crippen LogP contribution in [0.25, 0.3) is 10.9 Å². The van der Waals surface area contributed by atoms with E-state index < -0.39 is 31.5 Å². The molecule has 0 aliphatic heterocycles. The molecule has 1 heterocycles. The second-order valence-corrected chi connectivity index (χ2v) is 20.7. The predicted octanol–water partition coefficient (Wildman–Crippen LogP) is 10.9. The highest BCUT2D eigenvalue weighted by atomic mass is 35.5. The van der Waals surface area contributed by atoms with Gasteiger partial charge in [0.15, 0.2) is 11.5 Å². The second-order valence-electron chi connectivity index (χ2n) is 16.7. The smallest absolute Gasteiger partial charge is 0.278 e. The number of unbranched alkanes of at least 4 members (excludes halogenated alkanes) is 9. The molecule has 1 amide bonds. The van der Waals surface area contributed by atoms with E-state index in [1.807, 2.05) is 56.3 Å². The van der Waals surface area contributed by atoms with Gasteiger partial charge in [0.05, 0.1) is 50.7 Å². The average molecular weight is 997 g/mol. The summed E-state index contributed by atoms with van der Waals surface area (Å²) in [4.78, 5) is 41.1. The summed E-state index contributed by atoms with van der Waals surface area (Å²) in [6.45, 7) is 6.40. The number of hydrogen-bond acceptors (Lipinski definition) is 10. The molecule has 1 aromatic heterocycles. The van der Waals surface area contributed by atoms with E-state index in [9.17, 15) is 26.4 Å². The number of nitrogens with one attached hydrogen (secondary N) is 3. The summed E-state index contributed by atoms with van der Waals surface area (Å²) >= 11 is 6.28. The lowest BCUT2D eigenvalue weighted by molar-refractivity contribution is -0.110. The van der Waals surface area contributed by atoms with Crippen molar-refractivity contribution in [1.29, 1.82) is 0 Å². The minimum Gasteiger partial charge on any atom is -0.495 e. The van der Waals surface area contributed by atoms with Gasteiger partial charge in [0.25, 0.3) is 21.5 Å². The summed E-state index contributed by atoms with van der Waals surface area (Å²) in [6.07, 6.45) is 10.7. The molecule has 0 aliphatic rings. The number of ether oxygens (including phenoxy) is 1. The zero-order valence-corrected chi connectivity index (χ0v) is 42.1. The Morgan fingerprint density at radius 3 is 2.12 bits per heavy atom. The van der Waals surface area contributed by atoms with Gasteiger partial charge in [-0.1, -0.05) is 119 Å². The van der Waals surface area contributed by atoms with Crippen LogP contribution in [0.2, 0.25) is 5.02 Å². The highest BCUT2D eigenvalue weighted by Crippen LogP contribution is 2.33. The van der Waals surface area contributed by atoms with Crippen molar-refractivity contribution >= 4 is 82.6 Å². The van der Waals surface area contributed by atoms with E-state index in [0.717, 1.165) is 37.1 Å². The number of aryl methyl sites for hydroxylation is 1. The number of nitrogens with zero attached hydrogens (tertiary/aromatic N) is 4. The number of amides is 1. The minimum absolute atomic E-state index is 0.0276. The molecule has 0 radical (unpaired) electrons. The Morgan fingerprint density at radius 1 is 0.768 bits per heavy atom. The molecule has 0 atom stereocenters. The van der Waals surface area contributed by atoms with Gasteiger partial charge in [-0.25, -0.2) is 31.5 Å². The number of aromatic nitrogens is 2. The molecule has 5 aromatic carbocycles. The van der Waals surface area contributed by atoms with Gasteiger partial charge in [-0.2, -0.15) is 0 Å². The summed E-state index contributed by atoms with van der Waals surface area (Å²) in [5.41, 5.74) is 2.52. The molecule has 0 saturated carbocycles. The van der Waals surface area contributed by atoms with Crippen LogP contribution in [0.3, 0.4) is 0 Å². The maximum atomic E-state index is 14.9. The lowest BCUT2D eigenvalue weighted by Crippen LogP contribution is -2.37. The van der Waals surface area contributed by atoms with Crippen molar-refractivity contribution in [2.24, 2.45) is 4.99 Å². The molecule has 0 aliphatic carbocycles. The summed E-state index contributed by atoms with van der Waals surface area (Å²) in [5.74, 6) is -0.935. The highest BCUT2D eigenvalue weighted by Gasteiger charge is 2.26. The van der Waals surface area contributed by atoms with Gasteiger partial charge < -0.3 is 15.0 Å². The Hall–Kier alpha value is -6.07. The quantitative estimate of drug-likeness (QED) is 0.0352. The van der Waals surface area contributed by atoms with Crippen LogP contribution < -0.4 is 30.0 Å². The fourth-order valence-electron chi connectivity index (χ4n) is 7.98. The number of anilines is 4. The Morgan fingerprint density at radius 2 is 1.43 bits per heavy atom. The average Bonchev–Trinajstić information content (AvgIpc) is 3.33. The number of rotatable bonds is 26. The van der Waals surface area contributed by atoms with Crippen LogP contribution in [0.4, 0.5) is 28.4 Å². The molecule has 366 valence electrons. The van der Waals surface area contributed by atoms with Crippen molar-refractivity contribution < 1.29 is 26.4 Å². The number of benzene rings is 5. The third-order valence-corrected chi connectivity index (χ3v) is 14.8. The van der Waals surface area contributed by atoms with E-state index in [1.165, 1.54) is 68.0 Å². The van der Waals surface area contributed by atoms with Gasteiger partial charge in [0.2, 0.25) is 10.0 Å². The number of para-hydroxylation sites is 3. The van der Waals surface area contributed by atoms with Gasteiger partial charge in [-0.05, 0) is 98.6 Å². The van der Waals surface area contributed by atoms with Crippen LogP contribution in [0.1, 0.15) is 89.4 Å². The maximum absolute atomic E-state index is 14.9. The number of halogens is 1. The molecule has 17 heteroatoms. The van der Waals surface area contributed by atoms with Crippen molar-refractivity contribution in [2.45, 2.75) is 96.4 Å². The first-order valence-corrected chi connectivity index (χ1v) is 27.0. The largest absolute Gasteiger partial charge is 0.495 e. The Balaban J connectivity index is 1.35. The normalized spacial score (nSPS) is 12.0. The number of carbonyl (C=O) groups is 1. The highest BCUT2D eigenvalue weighted by molar-refractivity contribution is 7.92. The number of aliphatic imine (C=N–C) groups is 1. The Kier molecular flexibility index (Phi) is 18.9. The summed E-state index contributed by atoms with van der Waals surface area (Å²) < 4.78 is 65.9. The monoisotopic (exact) mass is 995 g/mol. The van der Waals surface area contributed by atoms with Crippen LogP contribution in [0, 0.1) is 6.92 Å². The van der Waals surface area contributed by atoms with Gasteiger partial charge in [-0.15, -0.1) is 0 Å². The van der Waals surface area contributed by atoms with E-state index in [4.69, 9.17) is 26.3 Å².